The summed E-state index contributed by atoms with van der Waals surface area (Å²) in [6, 6.07) is 0.900. The molecule has 0 aliphatic heterocycles. The zero-order valence-corrected chi connectivity index (χ0v) is 19.0. The predicted octanol–water partition coefficient (Wildman–Crippen LogP) is 8.03. The van der Waals surface area contributed by atoms with Crippen LogP contribution in [-0.4, -0.2) is 12.3 Å². The molecule has 0 aliphatic carbocycles. The van der Waals surface area contributed by atoms with Gasteiger partial charge in [-0.1, -0.05) is 87.5 Å². The van der Waals surface area contributed by atoms with Gasteiger partial charge in [0.05, 0.1) is 0 Å². The molecule has 4 atom stereocenters. The van der Waals surface area contributed by atoms with Crippen molar-refractivity contribution in [1.82, 2.24) is 0 Å². The topological polar surface area (TPSA) is 0 Å². The van der Waals surface area contributed by atoms with Gasteiger partial charge in [0, 0.05) is 5.30 Å². The average molecular weight is 421 g/mol. The summed E-state index contributed by atoms with van der Waals surface area (Å²) in [7, 11) is -1.08. The Bertz CT molecular complexity index is 590. The molecule has 1 aromatic carbocycles. The van der Waals surface area contributed by atoms with Gasteiger partial charge < -0.3 is 0 Å². The van der Waals surface area contributed by atoms with Crippen LogP contribution < -0.4 is 5.30 Å². The van der Waals surface area contributed by atoms with Crippen molar-refractivity contribution >= 4 is 13.2 Å². The van der Waals surface area contributed by atoms with Gasteiger partial charge >= 0.3 is 0 Å². The molecule has 0 fully saturated rings. The molecule has 4 unspecified atom stereocenters. The van der Waals surface area contributed by atoms with E-state index in [1.54, 1.807) is 0 Å². The van der Waals surface area contributed by atoms with Crippen LogP contribution in [0.4, 0.5) is 17.6 Å². The minimum Gasteiger partial charge on any atom is -0.204 e. The Morgan fingerprint density at radius 1 is 0.750 bits per heavy atom. The van der Waals surface area contributed by atoms with Crippen LogP contribution in [0.3, 0.4) is 0 Å². The molecule has 1 aromatic rings. The van der Waals surface area contributed by atoms with Gasteiger partial charge in [0.2, 0.25) is 0 Å². The van der Waals surface area contributed by atoms with E-state index in [0.717, 1.165) is 50.5 Å². The van der Waals surface area contributed by atoms with Crippen molar-refractivity contribution < 1.29 is 17.6 Å². The number of rotatable bonds is 13. The lowest BCUT2D eigenvalue weighted by molar-refractivity contribution is 0.389. The largest absolute Gasteiger partial charge is 0.204 e. The van der Waals surface area contributed by atoms with Crippen molar-refractivity contribution in [3.8, 4) is 0 Å². The van der Waals surface area contributed by atoms with Gasteiger partial charge in [0.25, 0.3) is 0 Å². The summed E-state index contributed by atoms with van der Waals surface area (Å²) in [6.07, 6.45) is 9.18. The number of hydrogen-bond acceptors (Lipinski definition) is 0. The van der Waals surface area contributed by atoms with E-state index < -0.39 is 31.2 Å². The fourth-order valence-electron chi connectivity index (χ4n) is 3.97. The van der Waals surface area contributed by atoms with Gasteiger partial charge in [0.1, 0.15) is 0 Å². The highest BCUT2D eigenvalue weighted by molar-refractivity contribution is 7.65. The number of hydrogen-bond donors (Lipinski definition) is 0. The third-order valence-corrected chi connectivity index (χ3v) is 8.75. The normalized spacial score (nSPS) is 16.0. The van der Waals surface area contributed by atoms with Crippen molar-refractivity contribution in [3.63, 3.8) is 0 Å². The van der Waals surface area contributed by atoms with E-state index in [4.69, 9.17) is 0 Å². The molecule has 0 bridgehead atoms. The third kappa shape index (κ3) is 7.65. The molecule has 162 valence electrons. The van der Waals surface area contributed by atoms with Gasteiger partial charge in [-0.2, -0.15) is 0 Å². The molecule has 1 rings (SSSR count). The van der Waals surface area contributed by atoms with Crippen LogP contribution in [-0.2, 0) is 0 Å². The van der Waals surface area contributed by atoms with E-state index in [2.05, 4.69) is 34.6 Å². The highest BCUT2D eigenvalue weighted by Gasteiger charge is 2.26. The molecule has 0 heterocycles. The molecule has 0 radical (unpaired) electrons. The maximum absolute atomic E-state index is 14.5. The van der Waals surface area contributed by atoms with E-state index in [9.17, 15) is 17.6 Å². The van der Waals surface area contributed by atoms with Gasteiger partial charge in [-0.05, 0) is 36.1 Å². The zero-order chi connectivity index (χ0) is 21.3. The van der Waals surface area contributed by atoms with Gasteiger partial charge in [-0.25, -0.2) is 17.6 Å². The number of halogens is 4. The molecule has 0 nitrogen and oxygen atoms in total. The minimum atomic E-state index is -1.71. The first-order chi connectivity index (χ1) is 13.2. The lowest BCUT2D eigenvalue weighted by Crippen LogP contribution is -2.20. The van der Waals surface area contributed by atoms with Crippen LogP contribution in [0.15, 0.2) is 6.07 Å². The standard InChI is InChI=1S/C23H37F4P/c1-6-9-16(4)14-28(15-17(5)11-12-18(8-3)10-7-2)20-13-19(24)21(25)23(27)22(20)26/h13,16-18H,6-12,14-15H2,1-5H3. The lowest BCUT2D eigenvalue weighted by atomic mass is 9.92. The molecule has 0 aliphatic rings. The Kier molecular flexibility index (Phi) is 11.6. The van der Waals surface area contributed by atoms with Gasteiger partial charge in [-0.3, -0.25) is 0 Å². The maximum atomic E-state index is 14.5. The molecule has 28 heavy (non-hydrogen) atoms. The molecule has 0 spiro atoms. The molecule has 0 amide bonds. The fraction of sp³-hybridized carbons (Fsp3) is 0.739. The van der Waals surface area contributed by atoms with Crippen molar-refractivity contribution in [2.24, 2.45) is 17.8 Å². The lowest BCUT2D eigenvalue weighted by Gasteiger charge is -2.26. The summed E-state index contributed by atoms with van der Waals surface area (Å²) < 4.78 is 55.6. The van der Waals surface area contributed by atoms with Crippen molar-refractivity contribution in [2.45, 2.75) is 79.6 Å². The summed E-state index contributed by atoms with van der Waals surface area (Å²) in [4.78, 5) is 0. The van der Waals surface area contributed by atoms with Crippen LogP contribution in [0.1, 0.15) is 79.6 Å². The second-order valence-electron chi connectivity index (χ2n) is 8.36. The Morgan fingerprint density at radius 2 is 1.32 bits per heavy atom. The Morgan fingerprint density at radius 3 is 1.86 bits per heavy atom. The Hall–Kier alpha value is -0.630. The summed E-state index contributed by atoms with van der Waals surface area (Å²) >= 11 is 0. The summed E-state index contributed by atoms with van der Waals surface area (Å²) in [5.41, 5.74) is 0. The Labute approximate surface area is 170 Å². The van der Waals surface area contributed by atoms with E-state index >= 15 is 0 Å². The van der Waals surface area contributed by atoms with E-state index in [1.165, 1.54) is 12.8 Å². The Balaban J connectivity index is 2.97. The second kappa shape index (κ2) is 12.8. The van der Waals surface area contributed by atoms with Crippen LogP contribution in [0.25, 0.3) is 0 Å². The molecular weight excluding hydrogens is 383 g/mol. The SMILES string of the molecule is CCCC(C)CP(CC(C)CCC(CC)CCC)c1cc(F)c(F)c(F)c1F. The highest BCUT2D eigenvalue weighted by atomic mass is 31.1. The summed E-state index contributed by atoms with van der Waals surface area (Å²) in [5.74, 6) is -4.47. The van der Waals surface area contributed by atoms with Crippen molar-refractivity contribution in [3.05, 3.63) is 29.3 Å². The van der Waals surface area contributed by atoms with Crippen molar-refractivity contribution in [1.29, 1.82) is 0 Å². The molecular formula is C23H37F4P. The monoisotopic (exact) mass is 420 g/mol. The van der Waals surface area contributed by atoms with Crippen LogP contribution >= 0.6 is 7.92 Å². The first-order valence-corrected chi connectivity index (χ1v) is 12.5. The molecule has 0 saturated carbocycles. The first kappa shape index (κ1) is 25.4. The van der Waals surface area contributed by atoms with E-state index in [-0.39, 0.29) is 5.30 Å². The first-order valence-electron chi connectivity index (χ1n) is 10.8. The third-order valence-electron chi connectivity index (χ3n) is 5.61. The number of benzene rings is 1. The zero-order valence-electron chi connectivity index (χ0n) is 18.1. The molecule has 5 heteroatoms. The predicted molar refractivity (Wildman–Crippen MR) is 114 cm³/mol. The molecule has 0 aromatic heterocycles. The quantitative estimate of drug-likeness (QED) is 0.131. The maximum Gasteiger partial charge on any atom is 0.198 e. The minimum absolute atomic E-state index is 0.0572. The van der Waals surface area contributed by atoms with E-state index in [0.29, 0.717) is 17.8 Å². The van der Waals surface area contributed by atoms with Crippen LogP contribution in [0.5, 0.6) is 0 Å². The molecule has 0 N–H and O–H groups in total. The van der Waals surface area contributed by atoms with E-state index in [1.807, 2.05) is 0 Å². The molecule has 0 saturated heterocycles. The second-order valence-corrected chi connectivity index (χ2v) is 10.7. The highest BCUT2D eigenvalue weighted by Crippen LogP contribution is 2.42. The van der Waals surface area contributed by atoms with Gasteiger partial charge in [-0.15, -0.1) is 0 Å². The summed E-state index contributed by atoms with van der Waals surface area (Å²) in [6.45, 7) is 10.8. The average Bonchev–Trinajstić information content (AvgIpc) is 2.66. The van der Waals surface area contributed by atoms with Crippen molar-refractivity contribution in [2.75, 3.05) is 12.3 Å². The van der Waals surface area contributed by atoms with Gasteiger partial charge in [0.15, 0.2) is 23.3 Å². The fourth-order valence-corrected chi connectivity index (χ4v) is 7.05. The summed E-state index contributed by atoms with van der Waals surface area (Å²) in [5, 5.41) is 0.0572. The van der Waals surface area contributed by atoms with Crippen LogP contribution in [0.2, 0.25) is 0 Å². The smallest absolute Gasteiger partial charge is 0.198 e. The van der Waals surface area contributed by atoms with Crippen LogP contribution in [0, 0.1) is 41.0 Å².